The van der Waals surface area contributed by atoms with Gasteiger partial charge in [0.15, 0.2) is 11.5 Å². The molecule has 0 fully saturated rings. The van der Waals surface area contributed by atoms with Gasteiger partial charge in [0, 0.05) is 12.6 Å². The molecule has 0 radical (unpaired) electrons. The highest BCUT2D eigenvalue weighted by Crippen LogP contribution is 2.36. The van der Waals surface area contributed by atoms with E-state index in [-0.39, 0.29) is 12.4 Å². The maximum Gasteiger partial charge on any atom is 0.175 e. The third kappa shape index (κ3) is 5.59. The summed E-state index contributed by atoms with van der Waals surface area (Å²) >= 11 is 3.53. The largest absolute Gasteiger partial charge is 0.493 e. The second-order valence-corrected chi connectivity index (χ2v) is 5.09. The molecule has 1 aromatic rings. The average molecular weight is 353 g/mol. The lowest BCUT2D eigenvalue weighted by molar-refractivity contribution is 0.308. The second-order valence-electron chi connectivity index (χ2n) is 4.23. The highest BCUT2D eigenvalue weighted by molar-refractivity contribution is 9.10. The summed E-state index contributed by atoms with van der Waals surface area (Å²) in [6.07, 6.45) is 1.12. The standard InChI is InChI=1S/C14H22BrNO2.ClH/c1-5-10(3)16-9-11-7-12(15)14(18-6-2)13(8-11)17-4;/h7-8,10,16H,5-6,9H2,1-4H3;1H. The van der Waals surface area contributed by atoms with E-state index in [0.29, 0.717) is 12.6 Å². The normalized spacial score (nSPS) is 11.6. The van der Waals surface area contributed by atoms with Crippen LogP contribution < -0.4 is 14.8 Å². The van der Waals surface area contributed by atoms with Gasteiger partial charge in [-0.25, -0.2) is 0 Å². The third-order valence-corrected chi connectivity index (χ3v) is 3.43. The zero-order chi connectivity index (χ0) is 13.5. The van der Waals surface area contributed by atoms with Crippen LogP contribution in [0, 0.1) is 0 Å². The Morgan fingerprint density at radius 1 is 1.32 bits per heavy atom. The molecule has 1 unspecified atom stereocenters. The molecular weight excluding hydrogens is 330 g/mol. The molecule has 19 heavy (non-hydrogen) atoms. The summed E-state index contributed by atoms with van der Waals surface area (Å²) in [5.74, 6) is 1.54. The van der Waals surface area contributed by atoms with Crippen LogP contribution >= 0.6 is 28.3 Å². The molecule has 1 aromatic carbocycles. The van der Waals surface area contributed by atoms with E-state index in [1.165, 1.54) is 5.56 Å². The number of ether oxygens (including phenoxy) is 2. The van der Waals surface area contributed by atoms with Crippen LogP contribution in [0.3, 0.4) is 0 Å². The summed E-state index contributed by atoms with van der Waals surface area (Å²) in [6.45, 7) is 7.77. The van der Waals surface area contributed by atoms with E-state index in [1.807, 2.05) is 13.0 Å². The van der Waals surface area contributed by atoms with E-state index in [0.717, 1.165) is 28.9 Å². The number of hydrogen-bond donors (Lipinski definition) is 1. The number of nitrogens with one attached hydrogen (secondary N) is 1. The SMILES string of the molecule is CCOc1c(Br)cc(CNC(C)CC)cc1OC.Cl. The van der Waals surface area contributed by atoms with Crippen LogP contribution in [0.15, 0.2) is 16.6 Å². The summed E-state index contributed by atoms with van der Waals surface area (Å²) < 4.78 is 11.9. The Hall–Kier alpha value is -0.450. The summed E-state index contributed by atoms with van der Waals surface area (Å²) in [7, 11) is 1.66. The molecule has 1 atom stereocenters. The highest BCUT2D eigenvalue weighted by atomic mass is 79.9. The van der Waals surface area contributed by atoms with Crippen molar-refractivity contribution in [2.45, 2.75) is 39.8 Å². The molecule has 0 saturated heterocycles. The van der Waals surface area contributed by atoms with Gasteiger partial charge in [-0.15, -0.1) is 12.4 Å². The lowest BCUT2D eigenvalue weighted by Gasteiger charge is -2.15. The Balaban J connectivity index is 0.00000324. The van der Waals surface area contributed by atoms with E-state index in [9.17, 15) is 0 Å². The summed E-state index contributed by atoms with van der Waals surface area (Å²) in [5, 5.41) is 3.46. The Morgan fingerprint density at radius 3 is 2.53 bits per heavy atom. The first-order valence-electron chi connectivity index (χ1n) is 6.34. The minimum absolute atomic E-state index is 0. The van der Waals surface area contributed by atoms with E-state index < -0.39 is 0 Å². The number of hydrogen-bond acceptors (Lipinski definition) is 3. The van der Waals surface area contributed by atoms with Crippen molar-refractivity contribution < 1.29 is 9.47 Å². The van der Waals surface area contributed by atoms with Crippen LogP contribution in [0.5, 0.6) is 11.5 Å². The smallest absolute Gasteiger partial charge is 0.175 e. The van der Waals surface area contributed by atoms with Gasteiger partial charge in [0.2, 0.25) is 0 Å². The van der Waals surface area contributed by atoms with Crippen molar-refractivity contribution in [2.75, 3.05) is 13.7 Å². The van der Waals surface area contributed by atoms with E-state index in [4.69, 9.17) is 9.47 Å². The minimum Gasteiger partial charge on any atom is -0.493 e. The van der Waals surface area contributed by atoms with Crippen molar-refractivity contribution in [3.8, 4) is 11.5 Å². The fraction of sp³-hybridized carbons (Fsp3) is 0.571. The topological polar surface area (TPSA) is 30.5 Å². The van der Waals surface area contributed by atoms with Gasteiger partial charge in [0.1, 0.15) is 0 Å². The van der Waals surface area contributed by atoms with Gasteiger partial charge < -0.3 is 14.8 Å². The van der Waals surface area contributed by atoms with Crippen molar-refractivity contribution in [3.05, 3.63) is 22.2 Å². The first-order chi connectivity index (χ1) is 8.62. The summed E-state index contributed by atoms with van der Waals surface area (Å²) in [5.41, 5.74) is 1.18. The predicted octanol–water partition coefficient (Wildman–Crippen LogP) is 4.17. The summed E-state index contributed by atoms with van der Waals surface area (Å²) in [4.78, 5) is 0. The summed E-state index contributed by atoms with van der Waals surface area (Å²) in [6, 6.07) is 4.61. The second kappa shape index (κ2) is 9.45. The predicted molar refractivity (Wildman–Crippen MR) is 85.7 cm³/mol. The lowest BCUT2D eigenvalue weighted by Crippen LogP contribution is -2.24. The van der Waals surface area contributed by atoms with Gasteiger partial charge in [-0.1, -0.05) is 6.92 Å². The fourth-order valence-electron chi connectivity index (χ4n) is 1.60. The van der Waals surface area contributed by atoms with Gasteiger partial charge in [0.25, 0.3) is 0 Å². The quantitative estimate of drug-likeness (QED) is 0.799. The minimum atomic E-state index is 0. The van der Waals surface area contributed by atoms with E-state index in [2.05, 4.69) is 41.2 Å². The van der Waals surface area contributed by atoms with Gasteiger partial charge in [-0.3, -0.25) is 0 Å². The van der Waals surface area contributed by atoms with E-state index in [1.54, 1.807) is 7.11 Å². The Labute approximate surface area is 130 Å². The molecule has 0 saturated carbocycles. The van der Waals surface area contributed by atoms with Crippen LogP contribution in [-0.2, 0) is 6.54 Å². The van der Waals surface area contributed by atoms with Crippen molar-refractivity contribution in [1.82, 2.24) is 5.32 Å². The molecule has 0 aliphatic rings. The van der Waals surface area contributed by atoms with E-state index >= 15 is 0 Å². The Bertz CT molecular complexity index is 388. The lowest BCUT2D eigenvalue weighted by atomic mass is 10.1. The van der Waals surface area contributed by atoms with Crippen molar-refractivity contribution in [1.29, 1.82) is 0 Å². The number of benzene rings is 1. The van der Waals surface area contributed by atoms with Crippen molar-refractivity contribution >= 4 is 28.3 Å². The van der Waals surface area contributed by atoms with Crippen LogP contribution in [0.25, 0.3) is 0 Å². The van der Waals surface area contributed by atoms with Crippen LogP contribution in [-0.4, -0.2) is 19.8 Å². The molecule has 0 heterocycles. The molecule has 0 spiro atoms. The molecule has 3 nitrogen and oxygen atoms in total. The van der Waals surface area contributed by atoms with Crippen molar-refractivity contribution in [2.24, 2.45) is 0 Å². The monoisotopic (exact) mass is 351 g/mol. The number of methoxy groups -OCH3 is 1. The van der Waals surface area contributed by atoms with Gasteiger partial charge >= 0.3 is 0 Å². The third-order valence-electron chi connectivity index (χ3n) is 2.84. The van der Waals surface area contributed by atoms with Crippen molar-refractivity contribution in [3.63, 3.8) is 0 Å². The average Bonchev–Trinajstić information content (AvgIpc) is 2.38. The highest BCUT2D eigenvalue weighted by Gasteiger charge is 2.11. The fourth-order valence-corrected chi connectivity index (χ4v) is 2.20. The maximum atomic E-state index is 5.57. The molecule has 0 bridgehead atoms. The maximum absolute atomic E-state index is 5.57. The molecule has 0 aromatic heterocycles. The van der Waals surface area contributed by atoms with Crippen LogP contribution in [0.2, 0.25) is 0 Å². The van der Waals surface area contributed by atoms with Crippen LogP contribution in [0.1, 0.15) is 32.8 Å². The molecule has 5 heteroatoms. The number of rotatable bonds is 7. The molecular formula is C14H23BrClNO2. The molecule has 110 valence electrons. The van der Waals surface area contributed by atoms with Gasteiger partial charge in [-0.2, -0.15) is 0 Å². The molecule has 0 amide bonds. The first kappa shape index (κ1) is 18.6. The molecule has 0 aliphatic carbocycles. The Morgan fingerprint density at radius 2 is 2.00 bits per heavy atom. The molecule has 0 aliphatic heterocycles. The molecule has 1 N–H and O–H groups in total. The zero-order valence-electron chi connectivity index (χ0n) is 12.0. The Kier molecular flexibility index (Phi) is 9.23. The van der Waals surface area contributed by atoms with Gasteiger partial charge in [0.05, 0.1) is 18.2 Å². The zero-order valence-corrected chi connectivity index (χ0v) is 14.4. The number of halogens is 2. The van der Waals surface area contributed by atoms with Gasteiger partial charge in [-0.05, 0) is 53.9 Å². The first-order valence-corrected chi connectivity index (χ1v) is 7.14. The molecule has 1 rings (SSSR count). The van der Waals surface area contributed by atoms with Crippen LogP contribution in [0.4, 0.5) is 0 Å².